The zero-order valence-electron chi connectivity index (χ0n) is 12.2. The van der Waals surface area contributed by atoms with Gasteiger partial charge in [-0.15, -0.1) is 0 Å². The molecular formula is C16H23NO3S. The number of rotatable bonds is 4. The first-order valence-corrected chi connectivity index (χ1v) is 9.39. The first kappa shape index (κ1) is 15.0. The first-order valence-electron chi connectivity index (χ1n) is 7.78. The highest BCUT2D eigenvalue weighted by molar-refractivity contribution is 7.88. The summed E-state index contributed by atoms with van der Waals surface area (Å²) >= 11 is 0. The number of aliphatic hydroxyl groups is 1. The van der Waals surface area contributed by atoms with Crippen LogP contribution in [0.3, 0.4) is 0 Å². The summed E-state index contributed by atoms with van der Waals surface area (Å²) in [5, 5.41) is 9.17. The third kappa shape index (κ3) is 3.15. The van der Waals surface area contributed by atoms with Crippen molar-refractivity contribution in [3.8, 4) is 0 Å². The molecule has 0 bridgehead atoms. The monoisotopic (exact) mass is 309 g/mol. The van der Waals surface area contributed by atoms with Gasteiger partial charge in [0.25, 0.3) is 0 Å². The molecule has 3 rings (SSSR count). The lowest BCUT2D eigenvalue weighted by Gasteiger charge is -2.31. The summed E-state index contributed by atoms with van der Waals surface area (Å²) in [4.78, 5) is 0. The van der Waals surface area contributed by atoms with Crippen LogP contribution in [0.4, 0.5) is 0 Å². The zero-order valence-corrected chi connectivity index (χ0v) is 13.1. The molecule has 1 heterocycles. The minimum absolute atomic E-state index is 0.0457. The van der Waals surface area contributed by atoms with Crippen molar-refractivity contribution >= 4 is 10.0 Å². The van der Waals surface area contributed by atoms with E-state index in [4.69, 9.17) is 5.11 Å². The number of hydrogen-bond donors (Lipinski definition) is 1. The molecule has 1 aromatic rings. The molecule has 1 saturated heterocycles. The van der Waals surface area contributed by atoms with E-state index < -0.39 is 10.0 Å². The van der Waals surface area contributed by atoms with Crippen LogP contribution in [0.25, 0.3) is 0 Å². The highest BCUT2D eigenvalue weighted by Gasteiger charge is 2.41. The van der Waals surface area contributed by atoms with Gasteiger partial charge >= 0.3 is 0 Å². The lowest BCUT2D eigenvalue weighted by Crippen LogP contribution is -2.39. The van der Waals surface area contributed by atoms with Gasteiger partial charge in [-0.2, -0.15) is 4.31 Å². The average Bonchev–Trinajstić information content (AvgIpc) is 2.92. The van der Waals surface area contributed by atoms with Crippen molar-refractivity contribution in [2.24, 2.45) is 5.92 Å². The van der Waals surface area contributed by atoms with E-state index in [2.05, 4.69) is 0 Å². The van der Waals surface area contributed by atoms with Crippen LogP contribution in [0.2, 0.25) is 0 Å². The van der Waals surface area contributed by atoms with Gasteiger partial charge in [-0.25, -0.2) is 8.42 Å². The van der Waals surface area contributed by atoms with Gasteiger partial charge in [-0.05, 0) is 36.3 Å². The summed E-state index contributed by atoms with van der Waals surface area (Å²) in [6.45, 7) is 0.625. The number of hydrogen-bond acceptors (Lipinski definition) is 3. The number of nitrogens with zero attached hydrogens (tertiary/aromatic N) is 1. The minimum atomic E-state index is -3.26. The van der Waals surface area contributed by atoms with Crippen molar-refractivity contribution < 1.29 is 13.5 Å². The van der Waals surface area contributed by atoms with E-state index in [1.807, 2.05) is 18.2 Å². The second-order valence-electron chi connectivity index (χ2n) is 6.25. The van der Waals surface area contributed by atoms with Crippen LogP contribution in [0.1, 0.15) is 43.2 Å². The Labute approximate surface area is 126 Å². The highest BCUT2D eigenvalue weighted by Crippen LogP contribution is 2.38. The van der Waals surface area contributed by atoms with Gasteiger partial charge in [0, 0.05) is 12.6 Å². The van der Waals surface area contributed by atoms with Crippen molar-refractivity contribution in [2.75, 3.05) is 6.54 Å². The van der Waals surface area contributed by atoms with E-state index in [-0.39, 0.29) is 18.4 Å². The standard InChI is InChI=1S/C16H23NO3S/c18-11-13-4-3-5-14(10-13)12-21(19,20)17-9-8-15-6-1-2-7-16(15)17/h3-5,10,15-16,18H,1-2,6-9,11-12H2. The van der Waals surface area contributed by atoms with Crippen molar-refractivity contribution in [3.63, 3.8) is 0 Å². The van der Waals surface area contributed by atoms with Gasteiger partial charge in [0.15, 0.2) is 0 Å². The van der Waals surface area contributed by atoms with Gasteiger partial charge < -0.3 is 5.11 Å². The normalized spacial score (nSPS) is 26.7. The van der Waals surface area contributed by atoms with Crippen molar-refractivity contribution in [3.05, 3.63) is 35.4 Å². The van der Waals surface area contributed by atoms with Crippen LogP contribution in [0.15, 0.2) is 24.3 Å². The maximum atomic E-state index is 12.7. The van der Waals surface area contributed by atoms with Gasteiger partial charge in [-0.1, -0.05) is 37.1 Å². The Hall–Kier alpha value is -0.910. The van der Waals surface area contributed by atoms with Crippen LogP contribution in [0.5, 0.6) is 0 Å². The molecule has 0 spiro atoms. The minimum Gasteiger partial charge on any atom is -0.392 e. The summed E-state index contributed by atoms with van der Waals surface area (Å²) in [6.07, 6.45) is 5.60. The topological polar surface area (TPSA) is 57.6 Å². The van der Waals surface area contributed by atoms with Gasteiger partial charge in [0.05, 0.1) is 12.4 Å². The summed E-state index contributed by atoms with van der Waals surface area (Å²) in [7, 11) is -3.26. The van der Waals surface area contributed by atoms with Gasteiger partial charge in [-0.3, -0.25) is 0 Å². The first-order chi connectivity index (χ1) is 10.1. The van der Waals surface area contributed by atoms with Crippen molar-refractivity contribution in [1.82, 2.24) is 4.31 Å². The van der Waals surface area contributed by atoms with E-state index in [1.54, 1.807) is 10.4 Å². The molecule has 5 heteroatoms. The molecule has 2 atom stereocenters. The molecule has 2 fully saturated rings. The summed E-state index contributed by atoms with van der Waals surface area (Å²) in [6, 6.07) is 7.45. The fourth-order valence-electron chi connectivity index (χ4n) is 3.82. The second-order valence-corrected chi connectivity index (χ2v) is 8.17. The van der Waals surface area contributed by atoms with E-state index in [9.17, 15) is 8.42 Å². The molecule has 1 N–H and O–H groups in total. The molecule has 1 aromatic carbocycles. The number of aliphatic hydroxyl groups excluding tert-OH is 1. The number of fused-ring (bicyclic) bond motifs is 1. The molecule has 2 unspecified atom stereocenters. The second kappa shape index (κ2) is 6.07. The van der Waals surface area contributed by atoms with Crippen LogP contribution in [-0.2, 0) is 22.4 Å². The predicted octanol–water partition coefficient (Wildman–Crippen LogP) is 2.27. The third-order valence-corrected chi connectivity index (χ3v) is 6.71. The Balaban J connectivity index is 1.77. The summed E-state index contributed by atoms with van der Waals surface area (Å²) < 4.78 is 27.2. The Morgan fingerprint density at radius 1 is 1.14 bits per heavy atom. The lowest BCUT2D eigenvalue weighted by molar-refractivity contribution is 0.260. The number of benzene rings is 1. The third-order valence-electron chi connectivity index (χ3n) is 4.84. The Morgan fingerprint density at radius 3 is 2.71 bits per heavy atom. The van der Waals surface area contributed by atoms with Crippen molar-refractivity contribution in [1.29, 1.82) is 0 Å². The van der Waals surface area contributed by atoms with Gasteiger partial charge in [0.2, 0.25) is 10.0 Å². The maximum absolute atomic E-state index is 12.7. The molecule has 1 aliphatic heterocycles. The molecule has 0 radical (unpaired) electrons. The van der Waals surface area contributed by atoms with Crippen LogP contribution in [-0.4, -0.2) is 30.4 Å². The predicted molar refractivity (Wildman–Crippen MR) is 82.1 cm³/mol. The zero-order chi connectivity index (χ0) is 14.9. The average molecular weight is 309 g/mol. The van der Waals surface area contributed by atoms with Crippen LogP contribution in [0, 0.1) is 5.92 Å². The Bertz CT molecular complexity index is 599. The fourth-order valence-corrected chi connectivity index (χ4v) is 5.66. The van der Waals surface area contributed by atoms with Gasteiger partial charge in [0.1, 0.15) is 0 Å². The smallest absolute Gasteiger partial charge is 0.218 e. The SMILES string of the molecule is O=S(=O)(Cc1cccc(CO)c1)N1CCC2CCCCC21. The quantitative estimate of drug-likeness (QED) is 0.928. The lowest BCUT2D eigenvalue weighted by atomic mass is 9.86. The molecular weight excluding hydrogens is 286 g/mol. The van der Waals surface area contributed by atoms with E-state index in [1.165, 1.54) is 12.8 Å². The molecule has 0 amide bonds. The number of sulfonamides is 1. The Morgan fingerprint density at radius 2 is 1.90 bits per heavy atom. The van der Waals surface area contributed by atoms with Crippen LogP contribution < -0.4 is 0 Å². The van der Waals surface area contributed by atoms with E-state index >= 15 is 0 Å². The Kier molecular flexibility index (Phi) is 4.33. The summed E-state index contributed by atoms with van der Waals surface area (Å²) in [5.41, 5.74) is 1.53. The van der Waals surface area contributed by atoms with Crippen molar-refractivity contribution in [2.45, 2.75) is 50.5 Å². The van der Waals surface area contributed by atoms with Crippen LogP contribution >= 0.6 is 0 Å². The van der Waals surface area contributed by atoms with E-state index in [0.717, 1.165) is 30.4 Å². The summed E-state index contributed by atoms with van der Waals surface area (Å²) in [5.74, 6) is 0.613. The highest BCUT2D eigenvalue weighted by atomic mass is 32.2. The molecule has 1 saturated carbocycles. The van der Waals surface area contributed by atoms with E-state index in [0.29, 0.717) is 12.5 Å². The molecule has 116 valence electrons. The fraction of sp³-hybridized carbons (Fsp3) is 0.625. The molecule has 2 aliphatic rings. The molecule has 21 heavy (non-hydrogen) atoms. The largest absolute Gasteiger partial charge is 0.392 e. The maximum Gasteiger partial charge on any atom is 0.218 e. The molecule has 0 aromatic heterocycles. The molecule has 4 nitrogen and oxygen atoms in total. The molecule has 1 aliphatic carbocycles.